The first-order chi connectivity index (χ1) is 4.24. The van der Waals surface area contributed by atoms with Crippen LogP contribution in [0.15, 0.2) is 0 Å². The summed E-state index contributed by atoms with van der Waals surface area (Å²) >= 11 is 1.74. The van der Waals surface area contributed by atoms with Crippen LogP contribution in [0.3, 0.4) is 0 Å². The van der Waals surface area contributed by atoms with E-state index < -0.39 is 0 Å². The Balaban J connectivity index is 2.35. The first kappa shape index (κ1) is 7.71. The predicted molar refractivity (Wildman–Crippen MR) is 27.8 cm³/mol. The van der Waals surface area contributed by atoms with Gasteiger partial charge in [-0.1, -0.05) is 0 Å². The number of hydrogen-bond donors (Lipinski definition) is 2. The molecule has 1 fully saturated rings. The van der Waals surface area contributed by atoms with Crippen LogP contribution in [-0.2, 0) is 4.74 Å². The minimum absolute atomic E-state index is 0.0169. The van der Waals surface area contributed by atoms with Crippen molar-refractivity contribution in [1.29, 1.82) is 0 Å². The molecule has 0 aromatic carbocycles. The molecule has 0 bridgehead atoms. The number of aliphatic hydroxyl groups is 2. The smallest absolute Gasteiger partial charge is 0.289 e. The van der Waals surface area contributed by atoms with Gasteiger partial charge in [0.25, 0.3) is 26.7 Å². The van der Waals surface area contributed by atoms with Gasteiger partial charge in [-0.2, -0.15) is 0 Å². The van der Waals surface area contributed by atoms with Gasteiger partial charge in [0.05, 0.1) is 12.7 Å². The second kappa shape index (κ2) is 3.14. The van der Waals surface area contributed by atoms with E-state index in [0.29, 0.717) is 6.42 Å². The molecule has 0 aromatic rings. The molecule has 0 radical (unpaired) electrons. The third-order valence-electron chi connectivity index (χ3n) is 1.35. The van der Waals surface area contributed by atoms with Gasteiger partial charge in [-0.3, -0.25) is 0 Å². The maximum atomic E-state index is 9.07. The maximum absolute atomic E-state index is 9.07. The van der Waals surface area contributed by atoms with Crippen LogP contribution in [0.4, 0.5) is 0 Å². The molecule has 0 spiro atoms. The Labute approximate surface area is 67.2 Å². The lowest BCUT2D eigenvalue weighted by Gasteiger charge is -1.99. The minimum atomic E-state index is -0.382. The normalized spacial score (nSPS) is 43.7. The molecule has 1 aliphatic heterocycles. The van der Waals surface area contributed by atoms with E-state index in [1.54, 1.807) is 22.6 Å². The van der Waals surface area contributed by atoms with Gasteiger partial charge in [-0.25, -0.2) is 0 Å². The lowest BCUT2D eigenvalue weighted by molar-refractivity contribution is -0.498. The molecule has 0 saturated carbocycles. The maximum Gasteiger partial charge on any atom is 0.289 e. The van der Waals surface area contributed by atoms with Crippen LogP contribution in [-0.4, -0.2) is 33.1 Å². The van der Waals surface area contributed by atoms with E-state index in [1.807, 2.05) is 0 Å². The summed E-state index contributed by atoms with van der Waals surface area (Å²) in [6.07, 6.45) is 0.0462. The Morgan fingerprint density at radius 1 is 1.67 bits per heavy atom. The van der Waals surface area contributed by atoms with Crippen molar-refractivity contribution < 1.29 is 37.5 Å². The number of rotatable bonds is 1. The van der Waals surface area contributed by atoms with Gasteiger partial charge in [0.15, 0.2) is 0 Å². The predicted octanol–water partition coefficient (Wildman–Crippen LogP) is -4.26. The highest BCUT2D eigenvalue weighted by molar-refractivity contribution is 4.73. The summed E-state index contributed by atoms with van der Waals surface area (Å²) in [6.45, 7) is 0.0169. The van der Waals surface area contributed by atoms with Gasteiger partial charge in [0.1, 0.15) is 6.10 Å². The molecule has 3 atom stereocenters. The summed E-state index contributed by atoms with van der Waals surface area (Å²) < 4.78 is 5.03. The van der Waals surface area contributed by atoms with Crippen molar-refractivity contribution in [3.8, 4) is 0 Å². The third kappa shape index (κ3) is 1.76. The molecule has 1 saturated heterocycles. The lowest BCUT2D eigenvalue weighted by Crippen LogP contribution is -3.40. The molecule has 4 heteroatoms. The molecule has 0 amide bonds. The highest BCUT2D eigenvalue weighted by Gasteiger charge is 2.36. The molecular formula is C5H10IO3+. The fraction of sp³-hybridized carbons (Fsp3) is 1.00. The van der Waals surface area contributed by atoms with Gasteiger partial charge in [-0.05, 0) is 0 Å². The van der Waals surface area contributed by atoms with Gasteiger partial charge in [0, 0.05) is 6.42 Å². The van der Waals surface area contributed by atoms with Crippen LogP contribution in [0.1, 0.15) is 6.42 Å². The van der Waals surface area contributed by atoms with Crippen molar-refractivity contribution in [2.45, 2.75) is 22.7 Å². The summed E-state index contributed by atoms with van der Waals surface area (Å²) in [5.74, 6) is 0. The number of hydrogen-bond acceptors (Lipinski definition) is 3. The van der Waals surface area contributed by atoms with E-state index in [-0.39, 0.29) is 22.9 Å². The molecule has 1 heterocycles. The summed E-state index contributed by atoms with van der Waals surface area (Å²) in [6, 6.07) is 0. The van der Waals surface area contributed by atoms with Crippen LogP contribution in [0.2, 0.25) is 0 Å². The van der Waals surface area contributed by atoms with E-state index in [1.165, 1.54) is 0 Å². The van der Waals surface area contributed by atoms with Crippen molar-refractivity contribution in [2.75, 3.05) is 6.61 Å². The minimum Gasteiger partial charge on any atom is -0.394 e. The average Bonchev–Trinajstić information content (AvgIpc) is 2.13. The Morgan fingerprint density at radius 3 is 2.56 bits per heavy atom. The summed E-state index contributed by atoms with van der Waals surface area (Å²) in [5.41, 5.74) is 0. The number of ether oxygens (including phenoxy) is 1. The second-order valence-corrected chi connectivity index (χ2v) is 3.44. The third-order valence-corrected chi connectivity index (χ3v) is 2.56. The first-order valence-corrected chi connectivity index (χ1v) is 4.19. The topological polar surface area (TPSA) is 49.7 Å². The average molecular weight is 245 g/mol. The zero-order valence-electron chi connectivity index (χ0n) is 4.86. The number of aliphatic hydroxyl groups excluding tert-OH is 2. The van der Waals surface area contributed by atoms with E-state index in [0.717, 1.165) is 0 Å². The van der Waals surface area contributed by atoms with E-state index >= 15 is 0 Å². The monoisotopic (exact) mass is 245 g/mol. The number of halogens is 1. The van der Waals surface area contributed by atoms with Crippen LogP contribution >= 0.6 is 0 Å². The molecule has 1 rings (SSSR count). The Kier molecular flexibility index (Phi) is 2.69. The highest BCUT2D eigenvalue weighted by Crippen LogP contribution is 2.13. The van der Waals surface area contributed by atoms with Crippen molar-refractivity contribution in [3.05, 3.63) is 0 Å². The standard InChI is InChI=1S/C5H10IO3/c6-5-4(8)1-3(2-7)9-5/h3-8H,1-2H2/q+1/t3-,4+,5?/m0/s1. The van der Waals surface area contributed by atoms with Gasteiger partial charge in [-0.15, -0.1) is 0 Å². The molecule has 1 aliphatic rings. The molecule has 2 N–H and O–H groups in total. The van der Waals surface area contributed by atoms with Crippen molar-refractivity contribution in [1.82, 2.24) is 0 Å². The fourth-order valence-electron chi connectivity index (χ4n) is 0.834. The molecule has 1 unspecified atom stereocenters. The van der Waals surface area contributed by atoms with E-state index in [4.69, 9.17) is 14.9 Å². The Bertz CT molecular complexity index is 88.2. The largest absolute Gasteiger partial charge is 0.394 e. The number of alkyl halides is 1. The SMILES string of the molecule is OC[C@@H]1C[C@@H](O)C([IH+])O1. The highest BCUT2D eigenvalue weighted by atomic mass is 127. The Hall–Kier alpha value is 0.610. The van der Waals surface area contributed by atoms with Crippen LogP contribution in [0, 0.1) is 0 Å². The summed E-state index contributed by atoms with van der Waals surface area (Å²) in [7, 11) is 0. The van der Waals surface area contributed by atoms with Gasteiger partial charge in [0.2, 0.25) is 0 Å². The zero-order valence-corrected chi connectivity index (χ0v) is 7.19. The second-order valence-electron chi connectivity index (χ2n) is 2.11. The first-order valence-electron chi connectivity index (χ1n) is 2.84. The van der Waals surface area contributed by atoms with Gasteiger partial charge >= 0.3 is 0 Å². The zero-order chi connectivity index (χ0) is 6.85. The van der Waals surface area contributed by atoms with Crippen molar-refractivity contribution >= 4 is 0 Å². The Morgan fingerprint density at radius 2 is 2.33 bits per heavy atom. The molecule has 3 nitrogen and oxygen atoms in total. The quantitative estimate of drug-likeness (QED) is 0.363. The van der Waals surface area contributed by atoms with Crippen molar-refractivity contribution in [3.63, 3.8) is 0 Å². The van der Waals surface area contributed by atoms with Gasteiger partial charge < -0.3 is 14.9 Å². The van der Waals surface area contributed by atoms with E-state index in [9.17, 15) is 0 Å². The molecular weight excluding hydrogens is 235 g/mol. The van der Waals surface area contributed by atoms with Crippen LogP contribution < -0.4 is 22.6 Å². The van der Waals surface area contributed by atoms with E-state index in [2.05, 4.69) is 0 Å². The summed E-state index contributed by atoms with van der Waals surface area (Å²) in [4.78, 5) is 0. The molecule has 54 valence electrons. The molecule has 0 aliphatic carbocycles. The van der Waals surface area contributed by atoms with Crippen LogP contribution in [0.25, 0.3) is 0 Å². The van der Waals surface area contributed by atoms with Crippen molar-refractivity contribution in [2.24, 2.45) is 0 Å². The molecule has 9 heavy (non-hydrogen) atoms. The van der Waals surface area contributed by atoms with Crippen LogP contribution in [0.5, 0.6) is 0 Å². The lowest BCUT2D eigenvalue weighted by atomic mass is 10.2. The fourth-order valence-corrected chi connectivity index (χ4v) is 1.60. The molecule has 0 aromatic heterocycles. The summed E-state index contributed by atoms with van der Waals surface area (Å²) in [5, 5.41) is 17.6.